The van der Waals surface area contributed by atoms with Crippen molar-refractivity contribution in [2.75, 3.05) is 11.5 Å². The van der Waals surface area contributed by atoms with Gasteiger partial charge in [-0.05, 0) is 48.6 Å². The molecule has 0 atom stereocenters. The summed E-state index contributed by atoms with van der Waals surface area (Å²) in [5.74, 6) is 2.53. The molecule has 0 aliphatic rings. The molecule has 0 N–H and O–H groups in total. The smallest absolute Gasteiger partial charge is 0.00892 e. The summed E-state index contributed by atoms with van der Waals surface area (Å²) in [6, 6.07) is 10.2. The van der Waals surface area contributed by atoms with Crippen molar-refractivity contribution in [2.24, 2.45) is 0 Å². The number of unbranched alkanes of at least 4 members (excludes halogenated alkanes) is 26. The van der Waals surface area contributed by atoms with E-state index >= 15 is 0 Å². The zero-order valence-electron chi connectivity index (χ0n) is 27.3. The van der Waals surface area contributed by atoms with E-state index in [0.29, 0.717) is 0 Å². The first-order chi connectivity index (χ1) is 19.9. The van der Waals surface area contributed by atoms with Crippen LogP contribution in [-0.4, -0.2) is 11.5 Å². The third-order valence-corrected chi connectivity index (χ3v) is 10.4. The molecule has 0 fully saturated rings. The van der Waals surface area contributed by atoms with Gasteiger partial charge in [-0.3, -0.25) is 0 Å². The highest BCUT2D eigenvalue weighted by Crippen LogP contribution is 2.27. The predicted molar refractivity (Wildman–Crippen MR) is 187 cm³/mol. The second kappa shape index (κ2) is 31.8. The molecule has 0 bridgehead atoms. The fourth-order valence-corrected chi connectivity index (χ4v) is 7.54. The Balaban J connectivity index is 1.86. The van der Waals surface area contributed by atoms with Gasteiger partial charge in [0.25, 0.3) is 0 Å². The normalized spacial score (nSPS) is 11.4. The van der Waals surface area contributed by atoms with Gasteiger partial charge in [-0.1, -0.05) is 181 Å². The number of benzene rings is 1. The highest BCUT2D eigenvalue weighted by atomic mass is 32.2. The van der Waals surface area contributed by atoms with Crippen LogP contribution in [0.5, 0.6) is 0 Å². The number of hydrogen-bond acceptors (Lipinski definition) is 2. The third kappa shape index (κ3) is 26.8. The Morgan fingerprint density at radius 3 is 0.900 bits per heavy atom. The van der Waals surface area contributed by atoms with E-state index in [4.69, 9.17) is 0 Å². The molecule has 0 heterocycles. The van der Waals surface area contributed by atoms with Gasteiger partial charge in [-0.15, -0.1) is 23.5 Å². The molecule has 0 aliphatic carbocycles. The van der Waals surface area contributed by atoms with E-state index in [1.54, 1.807) is 0 Å². The summed E-state index contributed by atoms with van der Waals surface area (Å²) in [6.45, 7) is 4.61. The molecule has 0 saturated carbocycles. The van der Waals surface area contributed by atoms with Crippen LogP contribution in [0.25, 0.3) is 0 Å². The Kier molecular flexibility index (Phi) is 30.2. The molecule has 0 amide bonds. The minimum Gasteiger partial charge on any atom is -0.126 e. The first-order valence-corrected chi connectivity index (χ1v) is 20.1. The van der Waals surface area contributed by atoms with Gasteiger partial charge in [0.05, 0.1) is 0 Å². The van der Waals surface area contributed by atoms with Gasteiger partial charge in [-0.2, -0.15) is 0 Å². The van der Waals surface area contributed by atoms with Crippen LogP contribution in [0.15, 0.2) is 28.0 Å². The monoisotopic (exact) mass is 589 g/mol. The average molecular weight is 590 g/mol. The van der Waals surface area contributed by atoms with Crippen molar-refractivity contribution in [3.8, 4) is 0 Å². The maximum Gasteiger partial charge on any atom is 0.00892 e. The van der Waals surface area contributed by atoms with Crippen molar-refractivity contribution in [1.29, 1.82) is 0 Å². The molecule has 0 aromatic heterocycles. The van der Waals surface area contributed by atoms with Crippen LogP contribution in [-0.2, 0) is 0 Å². The van der Waals surface area contributed by atoms with Crippen LogP contribution in [0.4, 0.5) is 0 Å². The average Bonchev–Trinajstić information content (AvgIpc) is 2.97. The second-order valence-electron chi connectivity index (χ2n) is 12.3. The largest absolute Gasteiger partial charge is 0.126 e. The van der Waals surface area contributed by atoms with E-state index in [2.05, 4.69) is 38.1 Å². The van der Waals surface area contributed by atoms with Gasteiger partial charge in [0.1, 0.15) is 0 Å². The molecule has 0 nitrogen and oxygen atoms in total. The van der Waals surface area contributed by atoms with Crippen LogP contribution in [0.1, 0.15) is 194 Å². The van der Waals surface area contributed by atoms with Crippen molar-refractivity contribution >= 4 is 23.5 Å². The minimum absolute atomic E-state index is 1.26. The summed E-state index contributed by atoms with van der Waals surface area (Å²) < 4.78 is 0. The number of thioether (sulfide) groups is 2. The molecule has 0 aliphatic heterocycles. The van der Waals surface area contributed by atoms with E-state index in [-0.39, 0.29) is 0 Å². The fourth-order valence-electron chi connectivity index (χ4n) is 5.57. The number of hydrogen-bond donors (Lipinski definition) is 0. The highest BCUT2D eigenvalue weighted by Gasteiger charge is 2.00. The zero-order chi connectivity index (χ0) is 28.6. The van der Waals surface area contributed by atoms with Crippen molar-refractivity contribution in [1.82, 2.24) is 0 Å². The van der Waals surface area contributed by atoms with Crippen LogP contribution in [0, 0.1) is 6.07 Å². The minimum atomic E-state index is 1.26. The summed E-state index contributed by atoms with van der Waals surface area (Å²) in [4.78, 5) is 2.83. The van der Waals surface area contributed by atoms with Gasteiger partial charge in [-0.25, -0.2) is 0 Å². The lowest BCUT2D eigenvalue weighted by molar-refractivity contribution is 0.538. The molecule has 0 saturated heterocycles. The van der Waals surface area contributed by atoms with Gasteiger partial charge < -0.3 is 0 Å². The summed E-state index contributed by atoms with van der Waals surface area (Å²) >= 11 is 4.08. The van der Waals surface area contributed by atoms with Crippen LogP contribution < -0.4 is 0 Å². The van der Waals surface area contributed by atoms with Crippen molar-refractivity contribution in [3.05, 3.63) is 24.3 Å². The number of rotatable bonds is 32. The molecule has 1 radical (unpaired) electrons. The quantitative estimate of drug-likeness (QED) is 0.0605. The molecule has 0 spiro atoms. The molecular formula is C38H69S2. The van der Waals surface area contributed by atoms with Crippen molar-refractivity contribution in [2.45, 2.75) is 203 Å². The van der Waals surface area contributed by atoms with Gasteiger partial charge >= 0.3 is 0 Å². The standard InChI is InChI=1S/C38H69S2/c1-3-5-7-9-11-13-15-17-19-21-23-25-27-29-34-39-37-32-31-33-38(36-37)40-35-30-28-26-24-22-20-18-16-14-12-10-8-6-4-2/h32-33,36H,3-30,34-35H2,1-2H3. The lowest BCUT2D eigenvalue weighted by atomic mass is 10.0. The maximum absolute atomic E-state index is 3.39. The van der Waals surface area contributed by atoms with E-state index in [9.17, 15) is 0 Å². The highest BCUT2D eigenvalue weighted by molar-refractivity contribution is 8.00. The second-order valence-corrected chi connectivity index (χ2v) is 14.6. The molecular weight excluding hydrogens is 521 g/mol. The molecule has 1 rings (SSSR count). The van der Waals surface area contributed by atoms with E-state index in [1.807, 2.05) is 23.5 Å². The van der Waals surface area contributed by atoms with Gasteiger partial charge in [0.15, 0.2) is 0 Å². The zero-order valence-corrected chi connectivity index (χ0v) is 28.9. The van der Waals surface area contributed by atoms with Gasteiger partial charge in [0, 0.05) is 9.79 Å². The molecule has 1 aromatic rings. The predicted octanol–water partition coefficient (Wildman–Crippen LogP) is 14.6. The van der Waals surface area contributed by atoms with Crippen molar-refractivity contribution < 1.29 is 0 Å². The van der Waals surface area contributed by atoms with Crippen LogP contribution in [0.3, 0.4) is 0 Å². The van der Waals surface area contributed by atoms with Crippen molar-refractivity contribution in [3.63, 3.8) is 0 Å². The van der Waals surface area contributed by atoms with E-state index in [0.717, 1.165) is 0 Å². The lowest BCUT2D eigenvalue weighted by Gasteiger charge is -2.06. The molecule has 233 valence electrons. The Morgan fingerprint density at radius 2 is 0.625 bits per heavy atom. The van der Waals surface area contributed by atoms with E-state index in [1.165, 1.54) is 201 Å². The first kappa shape index (κ1) is 37.9. The maximum atomic E-state index is 3.39. The Morgan fingerprint density at radius 1 is 0.375 bits per heavy atom. The first-order valence-electron chi connectivity index (χ1n) is 18.1. The summed E-state index contributed by atoms with van der Waals surface area (Å²) in [5.41, 5.74) is 0. The van der Waals surface area contributed by atoms with E-state index < -0.39 is 0 Å². The van der Waals surface area contributed by atoms with Gasteiger partial charge in [0.2, 0.25) is 0 Å². The van der Waals surface area contributed by atoms with Crippen LogP contribution in [0.2, 0.25) is 0 Å². The Labute approximate surface area is 261 Å². The summed E-state index contributed by atoms with van der Waals surface area (Å²) in [5, 5.41) is 0. The summed E-state index contributed by atoms with van der Waals surface area (Å²) in [7, 11) is 0. The topological polar surface area (TPSA) is 0 Å². The fraction of sp³-hybridized carbons (Fsp3) is 0.842. The summed E-state index contributed by atoms with van der Waals surface area (Å²) in [6.07, 6.45) is 40.3. The molecule has 1 aromatic carbocycles. The molecule has 40 heavy (non-hydrogen) atoms. The molecule has 0 unspecified atom stereocenters. The molecule has 2 heteroatoms. The SMILES string of the molecule is CCCCCCCCCCCCCCCCSc1c[c]cc(SCCCCCCCCCCCCCCCC)c1. The lowest BCUT2D eigenvalue weighted by Crippen LogP contribution is -1.86. The Bertz CT molecular complexity index is 564. The third-order valence-electron chi connectivity index (χ3n) is 8.27. The Hall–Kier alpha value is -0.0800. The van der Waals surface area contributed by atoms with Crippen LogP contribution >= 0.6 is 23.5 Å².